The van der Waals surface area contributed by atoms with Gasteiger partial charge in [-0.15, -0.1) is 0 Å². The first kappa shape index (κ1) is 22.2. The zero-order valence-electron chi connectivity index (χ0n) is 17.0. The van der Waals surface area contributed by atoms with Gasteiger partial charge in [-0.2, -0.15) is 0 Å². The molecule has 0 rings (SSSR count). The summed E-state index contributed by atoms with van der Waals surface area (Å²) in [6.07, 6.45) is 9.89. The number of hydrogen-bond acceptors (Lipinski definition) is 0. The zero-order chi connectivity index (χ0) is 18.0. The van der Waals surface area contributed by atoms with Crippen molar-refractivity contribution in [2.45, 2.75) is 87.0 Å². The van der Waals surface area contributed by atoms with Crippen molar-refractivity contribution in [3.63, 3.8) is 0 Å². The van der Waals surface area contributed by atoms with Crippen molar-refractivity contribution >= 4 is 0 Å². The van der Waals surface area contributed by atoms with Gasteiger partial charge in [0, 0.05) is 0 Å². The highest BCUT2D eigenvalue weighted by atomic mass is 14.2. The Hall–Kier alpha value is -0.780. The van der Waals surface area contributed by atoms with Crippen molar-refractivity contribution in [1.29, 1.82) is 0 Å². The van der Waals surface area contributed by atoms with Gasteiger partial charge >= 0.3 is 0 Å². The van der Waals surface area contributed by atoms with Gasteiger partial charge in [-0.1, -0.05) is 85.6 Å². The molecular weight excluding hydrogens is 276 g/mol. The van der Waals surface area contributed by atoms with Gasteiger partial charge < -0.3 is 0 Å². The van der Waals surface area contributed by atoms with E-state index in [9.17, 15) is 0 Å². The number of hydrogen-bond donors (Lipinski definition) is 0. The van der Waals surface area contributed by atoms with Crippen LogP contribution in [0.1, 0.15) is 87.0 Å². The van der Waals surface area contributed by atoms with Crippen LogP contribution < -0.4 is 0 Å². The molecule has 0 saturated heterocycles. The topological polar surface area (TPSA) is 0 Å². The van der Waals surface area contributed by atoms with E-state index in [4.69, 9.17) is 0 Å². The molecule has 0 amide bonds. The Bertz CT molecular complexity index is 385. The molecule has 0 nitrogen and oxygen atoms in total. The lowest BCUT2D eigenvalue weighted by atomic mass is 9.82. The van der Waals surface area contributed by atoms with Crippen LogP contribution in [-0.4, -0.2) is 0 Å². The first-order valence-corrected chi connectivity index (χ1v) is 9.77. The van der Waals surface area contributed by atoms with Crippen LogP contribution in [0.2, 0.25) is 0 Å². The number of rotatable bonds is 12. The minimum Gasteiger partial charge on any atom is -0.0961 e. The standard InChI is InChI=1S/C23H42/c1-10-18(5)12-13-19(6)20(7)14-15-21(8)22(9)23(11-2)16-17(3)4/h16,18-21H,3,9-15H2,1-2,4-8H3/b23-16-. The fourth-order valence-corrected chi connectivity index (χ4v) is 3.04. The van der Waals surface area contributed by atoms with Gasteiger partial charge in [0.2, 0.25) is 0 Å². The Morgan fingerprint density at radius 2 is 1.39 bits per heavy atom. The van der Waals surface area contributed by atoms with E-state index in [2.05, 4.69) is 67.7 Å². The van der Waals surface area contributed by atoms with Gasteiger partial charge in [0.15, 0.2) is 0 Å². The summed E-state index contributed by atoms with van der Waals surface area (Å²) in [7, 11) is 0. The molecule has 0 aliphatic heterocycles. The smallest absolute Gasteiger partial charge is 0.0193 e. The molecule has 23 heavy (non-hydrogen) atoms. The van der Waals surface area contributed by atoms with Crippen LogP contribution in [-0.2, 0) is 0 Å². The van der Waals surface area contributed by atoms with Crippen molar-refractivity contribution in [2.75, 3.05) is 0 Å². The van der Waals surface area contributed by atoms with E-state index >= 15 is 0 Å². The predicted molar refractivity (Wildman–Crippen MR) is 108 cm³/mol. The molecule has 0 aliphatic rings. The highest BCUT2D eigenvalue weighted by molar-refractivity contribution is 5.35. The van der Waals surface area contributed by atoms with Crippen LogP contribution in [0.3, 0.4) is 0 Å². The molecule has 0 heterocycles. The van der Waals surface area contributed by atoms with Gasteiger partial charge in [-0.05, 0) is 61.0 Å². The van der Waals surface area contributed by atoms with Crippen molar-refractivity contribution in [3.05, 3.63) is 36.0 Å². The van der Waals surface area contributed by atoms with Crippen molar-refractivity contribution in [3.8, 4) is 0 Å². The molecule has 0 saturated carbocycles. The maximum absolute atomic E-state index is 4.36. The fraction of sp³-hybridized carbons (Fsp3) is 0.739. The molecule has 4 unspecified atom stereocenters. The minimum atomic E-state index is 0.574. The first-order chi connectivity index (χ1) is 10.7. The van der Waals surface area contributed by atoms with Crippen LogP contribution >= 0.6 is 0 Å². The third kappa shape index (κ3) is 9.18. The molecule has 0 fully saturated rings. The van der Waals surface area contributed by atoms with E-state index in [1.54, 1.807) is 0 Å². The Balaban J connectivity index is 4.38. The molecule has 0 N–H and O–H groups in total. The Labute approximate surface area is 147 Å². The quantitative estimate of drug-likeness (QED) is 0.320. The molecule has 0 spiro atoms. The summed E-state index contributed by atoms with van der Waals surface area (Å²) >= 11 is 0. The van der Waals surface area contributed by atoms with E-state index < -0.39 is 0 Å². The Morgan fingerprint density at radius 3 is 1.83 bits per heavy atom. The maximum atomic E-state index is 4.36. The molecule has 0 aromatic rings. The van der Waals surface area contributed by atoms with Gasteiger partial charge in [0.1, 0.15) is 0 Å². The van der Waals surface area contributed by atoms with Crippen LogP contribution in [0.15, 0.2) is 36.0 Å². The first-order valence-electron chi connectivity index (χ1n) is 9.77. The van der Waals surface area contributed by atoms with Gasteiger partial charge in [0.25, 0.3) is 0 Å². The highest BCUT2D eigenvalue weighted by Gasteiger charge is 2.16. The second-order valence-electron chi connectivity index (χ2n) is 7.92. The van der Waals surface area contributed by atoms with E-state index in [0.717, 1.165) is 29.7 Å². The molecule has 0 radical (unpaired) electrons. The van der Waals surface area contributed by atoms with Crippen LogP contribution in [0.25, 0.3) is 0 Å². The molecular formula is C23H42. The van der Waals surface area contributed by atoms with E-state index in [1.165, 1.54) is 43.3 Å². The molecule has 0 aliphatic carbocycles. The van der Waals surface area contributed by atoms with Crippen LogP contribution in [0.5, 0.6) is 0 Å². The minimum absolute atomic E-state index is 0.574. The molecule has 4 atom stereocenters. The maximum Gasteiger partial charge on any atom is -0.0193 e. The fourth-order valence-electron chi connectivity index (χ4n) is 3.04. The van der Waals surface area contributed by atoms with Gasteiger partial charge in [-0.3, -0.25) is 0 Å². The summed E-state index contributed by atoms with van der Waals surface area (Å²) in [6, 6.07) is 0. The number of allylic oxidation sites excluding steroid dienone is 4. The van der Waals surface area contributed by atoms with Gasteiger partial charge in [-0.25, -0.2) is 0 Å². The second kappa shape index (κ2) is 11.7. The van der Waals surface area contributed by atoms with Crippen molar-refractivity contribution in [2.24, 2.45) is 23.7 Å². The zero-order valence-corrected chi connectivity index (χ0v) is 17.0. The van der Waals surface area contributed by atoms with Crippen molar-refractivity contribution < 1.29 is 0 Å². The Morgan fingerprint density at radius 1 is 0.870 bits per heavy atom. The summed E-state index contributed by atoms with van der Waals surface area (Å²) in [5.41, 5.74) is 3.82. The van der Waals surface area contributed by atoms with Gasteiger partial charge in [0.05, 0.1) is 0 Å². The van der Waals surface area contributed by atoms with Crippen LogP contribution in [0, 0.1) is 23.7 Å². The van der Waals surface area contributed by atoms with E-state index in [1.807, 2.05) is 0 Å². The van der Waals surface area contributed by atoms with E-state index in [-0.39, 0.29) is 0 Å². The molecule has 0 bridgehead atoms. The molecule has 0 heteroatoms. The lowest BCUT2D eigenvalue weighted by Crippen LogP contribution is -2.12. The lowest BCUT2D eigenvalue weighted by Gasteiger charge is -2.24. The third-order valence-electron chi connectivity index (χ3n) is 5.65. The van der Waals surface area contributed by atoms with Crippen LogP contribution in [0.4, 0.5) is 0 Å². The summed E-state index contributed by atoms with van der Waals surface area (Å²) in [5.74, 6) is 3.10. The van der Waals surface area contributed by atoms with Crippen molar-refractivity contribution in [1.82, 2.24) is 0 Å². The predicted octanol–water partition coefficient (Wildman–Crippen LogP) is 7.97. The summed E-state index contributed by atoms with van der Waals surface area (Å²) in [4.78, 5) is 0. The lowest BCUT2D eigenvalue weighted by molar-refractivity contribution is 0.300. The summed E-state index contributed by atoms with van der Waals surface area (Å²) in [6.45, 7) is 24.5. The normalized spacial score (nSPS) is 17.4. The van der Waals surface area contributed by atoms with E-state index in [0.29, 0.717) is 5.92 Å². The average molecular weight is 319 g/mol. The molecule has 0 aromatic heterocycles. The molecule has 0 aromatic carbocycles. The monoisotopic (exact) mass is 318 g/mol. The Kier molecular flexibility index (Phi) is 11.3. The SMILES string of the molecule is C=C(C)/C=C(/CC)C(=C)C(C)CCC(C)C(C)CCC(C)CC. The largest absolute Gasteiger partial charge is 0.0961 e. The highest BCUT2D eigenvalue weighted by Crippen LogP contribution is 2.30. The molecule has 134 valence electrons. The third-order valence-corrected chi connectivity index (χ3v) is 5.65. The average Bonchev–Trinajstić information content (AvgIpc) is 2.53. The summed E-state index contributed by atoms with van der Waals surface area (Å²) < 4.78 is 0. The second-order valence-corrected chi connectivity index (χ2v) is 7.92. The summed E-state index contributed by atoms with van der Waals surface area (Å²) in [5, 5.41) is 0.